The molecule has 1 aromatic rings. The lowest BCUT2D eigenvalue weighted by molar-refractivity contribution is -0.142. The largest absolute Gasteiger partial charge is 0.461 e. The van der Waals surface area contributed by atoms with Crippen molar-refractivity contribution in [3.05, 3.63) is 35.4 Å². The molecular weight excluding hydrogens is 192 g/mol. The first kappa shape index (κ1) is 11.4. The molecule has 0 atom stereocenters. The molecule has 0 radical (unpaired) electrons. The van der Waals surface area contributed by atoms with Gasteiger partial charge in [0.1, 0.15) is 12.4 Å². The summed E-state index contributed by atoms with van der Waals surface area (Å²) in [6.45, 7) is 3.23. The Morgan fingerprint density at radius 2 is 1.60 bits per heavy atom. The molecule has 0 aliphatic carbocycles. The van der Waals surface area contributed by atoms with Gasteiger partial charge in [0.05, 0.1) is 0 Å². The second-order valence-corrected chi connectivity index (χ2v) is 3.48. The van der Waals surface area contributed by atoms with Crippen LogP contribution >= 0.6 is 0 Å². The number of carbonyl (C=O) groups is 2. The van der Waals surface area contributed by atoms with Gasteiger partial charge >= 0.3 is 5.97 Å². The molecule has 0 fully saturated rings. The van der Waals surface area contributed by atoms with Gasteiger partial charge in [0.15, 0.2) is 0 Å². The van der Waals surface area contributed by atoms with Gasteiger partial charge in [-0.2, -0.15) is 0 Å². The minimum atomic E-state index is -0.289. The molecule has 0 bridgehead atoms. The Morgan fingerprint density at radius 3 is 2.07 bits per heavy atom. The molecule has 0 unspecified atom stereocenters. The Kier molecular flexibility index (Phi) is 4.03. The molecule has 80 valence electrons. The van der Waals surface area contributed by atoms with Crippen LogP contribution in [0.4, 0.5) is 0 Å². The van der Waals surface area contributed by atoms with Crippen molar-refractivity contribution in [3.63, 3.8) is 0 Å². The first-order chi connectivity index (χ1) is 7.08. The lowest BCUT2D eigenvalue weighted by Gasteiger charge is -2.03. The van der Waals surface area contributed by atoms with E-state index in [0.29, 0.717) is 6.42 Å². The number of Topliss-reactive ketones (excluding diaryl/α,β-unsaturated/α-hetero) is 1. The van der Waals surface area contributed by atoms with E-state index in [1.807, 2.05) is 24.3 Å². The average Bonchev–Trinajstić information content (AvgIpc) is 2.16. The van der Waals surface area contributed by atoms with Crippen molar-refractivity contribution in [1.82, 2.24) is 0 Å². The summed E-state index contributed by atoms with van der Waals surface area (Å²) in [5, 5.41) is 0. The topological polar surface area (TPSA) is 43.4 Å². The summed E-state index contributed by atoms with van der Waals surface area (Å²) in [6, 6.07) is 7.48. The van der Waals surface area contributed by atoms with E-state index in [9.17, 15) is 9.59 Å². The van der Waals surface area contributed by atoms with Gasteiger partial charge in [-0.15, -0.1) is 0 Å². The fraction of sp³-hybridized carbons (Fsp3) is 0.333. The van der Waals surface area contributed by atoms with Crippen molar-refractivity contribution in [1.29, 1.82) is 0 Å². The van der Waals surface area contributed by atoms with Gasteiger partial charge in [-0.05, 0) is 18.1 Å². The number of rotatable bonds is 4. The molecule has 3 heteroatoms. The van der Waals surface area contributed by atoms with Crippen LogP contribution in [-0.2, 0) is 27.4 Å². The first-order valence-corrected chi connectivity index (χ1v) is 4.78. The van der Waals surface area contributed by atoms with Crippen molar-refractivity contribution in [2.45, 2.75) is 26.9 Å². The van der Waals surface area contributed by atoms with E-state index in [1.165, 1.54) is 6.92 Å². The monoisotopic (exact) mass is 206 g/mol. The quantitative estimate of drug-likeness (QED) is 0.706. The zero-order valence-corrected chi connectivity index (χ0v) is 8.95. The molecule has 3 nitrogen and oxygen atoms in total. The SMILES string of the molecule is CC(=O)Cc1ccc(COC(C)=O)cc1. The minimum absolute atomic E-state index is 0.141. The Balaban J connectivity index is 2.56. The summed E-state index contributed by atoms with van der Waals surface area (Å²) < 4.78 is 4.84. The molecule has 1 rings (SSSR count). The molecule has 0 aliphatic rings. The fourth-order valence-corrected chi connectivity index (χ4v) is 1.23. The molecule has 0 N–H and O–H groups in total. The molecule has 0 aliphatic heterocycles. The third-order valence-corrected chi connectivity index (χ3v) is 1.92. The summed E-state index contributed by atoms with van der Waals surface area (Å²) in [6.07, 6.45) is 0.452. The van der Waals surface area contributed by atoms with Crippen LogP contribution < -0.4 is 0 Å². The minimum Gasteiger partial charge on any atom is -0.461 e. The van der Waals surface area contributed by atoms with Gasteiger partial charge in [0.2, 0.25) is 0 Å². The Labute approximate surface area is 89.1 Å². The zero-order chi connectivity index (χ0) is 11.3. The summed E-state index contributed by atoms with van der Waals surface area (Å²) >= 11 is 0. The van der Waals surface area contributed by atoms with Crippen molar-refractivity contribution in [3.8, 4) is 0 Å². The Bertz CT molecular complexity index is 352. The highest BCUT2D eigenvalue weighted by atomic mass is 16.5. The van der Waals surface area contributed by atoms with Crippen LogP contribution in [0.2, 0.25) is 0 Å². The standard InChI is InChI=1S/C12H14O3/c1-9(13)7-11-3-5-12(6-4-11)8-15-10(2)14/h3-6H,7-8H2,1-2H3. The predicted molar refractivity (Wildman–Crippen MR) is 56.3 cm³/mol. The second-order valence-electron chi connectivity index (χ2n) is 3.48. The van der Waals surface area contributed by atoms with Crippen LogP contribution in [0.1, 0.15) is 25.0 Å². The first-order valence-electron chi connectivity index (χ1n) is 4.78. The van der Waals surface area contributed by atoms with Gasteiger partial charge in [0.25, 0.3) is 0 Å². The van der Waals surface area contributed by atoms with Gasteiger partial charge in [0, 0.05) is 13.3 Å². The predicted octanol–water partition coefficient (Wildman–Crippen LogP) is 1.88. The van der Waals surface area contributed by atoms with E-state index in [1.54, 1.807) is 6.92 Å². The van der Waals surface area contributed by atoms with E-state index >= 15 is 0 Å². The second kappa shape index (κ2) is 5.29. The maximum atomic E-state index is 10.8. The maximum Gasteiger partial charge on any atom is 0.302 e. The fourth-order valence-electron chi connectivity index (χ4n) is 1.23. The van der Waals surface area contributed by atoms with Crippen LogP contribution in [0.3, 0.4) is 0 Å². The number of hydrogen-bond acceptors (Lipinski definition) is 3. The highest BCUT2D eigenvalue weighted by Crippen LogP contribution is 2.06. The van der Waals surface area contributed by atoms with Gasteiger partial charge in [-0.25, -0.2) is 0 Å². The molecule has 0 saturated heterocycles. The molecular formula is C12H14O3. The third-order valence-electron chi connectivity index (χ3n) is 1.92. The van der Waals surface area contributed by atoms with Crippen molar-refractivity contribution < 1.29 is 14.3 Å². The number of esters is 1. The van der Waals surface area contributed by atoms with Crippen LogP contribution in [0.5, 0.6) is 0 Å². The molecule has 0 heterocycles. The summed E-state index contributed by atoms with van der Waals surface area (Å²) in [5.41, 5.74) is 1.91. The van der Waals surface area contributed by atoms with Crippen molar-refractivity contribution in [2.24, 2.45) is 0 Å². The molecule has 1 aromatic carbocycles. The maximum absolute atomic E-state index is 10.8. The number of benzene rings is 1. The van der Waals surface area contributed by atoms with Crippen LogP contribution in [0.15, 0.2) is 24.3 Å². The van der Waals surface area contributed by atoms with Crippen LogP contribution in [0, 0.1) is 0 Å². The third kappa shape index (κ3) is 4.40. The van der Waals surface area contributed by atoms with Crippen LogP contribution in [-0.4, -0.2) is 11.8 Å². The molecule has 0 saturated carbocycles. The zero-order valence-electron chi connectivity index (χ0n) is 8.95. The smallest absolute Gasteiger partial charge is 0.302 e. The van der Waals surface area contributed by atoms with E-state index in [0.717, 1.165) is 11.1 Å². The molecule has 0 amide bonds. The Hall–Kier alpha value is -1.64. The van der Waals surface area contributed by atoms with E-state index < -0.39 is 0 Å². The number of carbonyl (C=O) groups excluding carboxylic acids is 2. The normalized spacial score (nSPS) is 9.73. The molecule has 0 aromatic heterocycles. The van der Waals surface area contributed by atoms with Gasteiger partial charge in [-0.3, -0.25) is 9.59 Å². The lowest BCUT2D eigenvalue weighted by Crippen LogP contribution is -2.00. The number of hydrogen-bond donors (Lipinski definition) is 0. The van der Waals surface area contributed by atoms with Gasteiger partial charge < -0.3 is 4.74 Å². The summed E-state index contributed by atoms with van der Waals surface area (Å²) in [4.78, 5) is 21.4. The van der Waals surface area contributed by atoms with Gasteiger partial charge in [-0.1, -0.05) is 24.3 Å². The van der Waals surface area contributed by atoms with Crippen molar-refractivity contribution >= 4 is 11.8 Å². The number of ketones is 1. The summed E-state index contributed by atoms with van der Waals surface area (Å²) in [7, 11) is 0. The highest BCUT2D eigenvalue weighted by molar-refractivity contribution is 5.78. The molecule has 15 heavy (non-hydrogen) atoms. The number of ether oxygens (including phenoxy) is 1. The van der Waals surface area contributed by atoms with E-state index in [2.05, 4.69) is 0 Å². The molecule has 0 spiro atoms. The van der Waals surface area contributed by atoms with E-state index in [-0.39, 0.29) is 18.4 Å². The van der Waals surface area contributed by atoms with E-state index in [4.69, 9.17) is 4.74 Å². The summed E-state index contributed by atoms with van der Waals surface area (Å²) in [5.74, 6) is -0.148. The Morgan fingerprint density at radius 1 is 1.07 bits per heavy atom. The van der Waals surface area contributed by atoms with Crippen molar-refractivity contribution in [2.75, 3.05) is 0 Å². The van der Waals surface area contributed by atoms with Crippen LogP contribution in [0.25, 0.3) is 0 Å². The average molecular weight is 206 g/mol. The lowest BCUT2D eigenvalue weighted by atomic mass is 10.1. The highest BCUT2D eigenvalue weighted by Gasteiger charge is 1.99.